The second-order valence-electron chi connectivity index (χ2n) is 5.72. The Bertz CT molecular complexity index is 268. The first-order valence-electron chi connectivity index (χ1n) is 6.70. The number of likely N-dealkylation sites (tertiary alicyclic amines) is 1. The number of nitrogens with zero attached hydrogens (tertiary/aromatic N) is 2. The van der Waals surface area contributed by atoms with E-state index in [1.54, 1.807) is 0 Å². The maximum absolute atomic E-state index is 6.08. The summed E-state index contributed by atoms with van der Waals surface area (Å²) in [4.78, 5) is 6.87. The van der Waals surface area contributed by atoms with Crippen LogP contribution in [0.4, 0.5) is 0 Å². The third kappa shape index (κ3) is 2.69. The number of nitrogens with two attached hydrogens (primary N) is 1. The van der Waals surface area contributed by atoms with Crippen molar-refractivity contribution >= 4 is 5.96 Å². The summed E-state index contributed by atoms with van der Waals surface area (Å²) in [5, 5.41) is 0. The van der Waals surface area contributed by atoms with E-state index in [1.807, 2.05) is 0 Å². The minimum absolute atomic E-state index is 0.520. The first kappa shape index (κ1) is 11.7. The highest BCUT2D eigenvalue weighted by Gasteiger charge is 2.40. The van der Waals surface area contributed by atoms with Crippen molar-refractivity contribution in [3.8, 4) is 0 Å². The zero-order chi connectivity index (χ0) is 11.6. The molecule has 0 bridgehead atoms. The molecule has 0 aromatic heterocycles. The molecule has 0 radical (unpaired) electrons. The van der Waals surface area contributed by atoms with E-state index in [2.05, 4.69) is 23.7 Å². The van der Waals surface area contributed by atoms with E-state index in [0.717, 1.165) is 31.5 Å². The summed E-state index contributed by atoms with van der Waals surface area (Å²) in [6.07, 6.45) is 6.53. The fourth-order valence-electron chi connectivity index (χ4n) is 2.55. The zero-order valence-corrected chi connectivity index (χ0v) is 10.7. The van der Waals surface area contributed by atoms with Crippen molar-refractivity contribution in [3.05, 3.63) is 0 Å². The Labute approximate surface area is 99.1 Å². The topological polar surface area (TPSA) is 41.6 Å². The van der Waals surface area contributed by atoms with Gasteiger partial charge in [-0.3, -0.25) is 4.99 Å². The monoisotopic (exact) mass is 223 g/mol. The number of rotatable bonds is 3. The predicted octanol–water partition coefficient (Wildman–Crippen LogP) is 2.22. The zero-order valence-electron chi connectivity index (χ0n) is 10.7. The Kier molecular flexibility index (Phi) is 3.41. The number of piperidine rings is 1. The molecule has 0 amide bonds. The lowest BCUT2D eigenvalue weighted by Crippen LogP contribution is -2.43. The molecular weight excluding hydrogens is 198 g/mol. The standard InChI is InChI=1S/C13H25N3/c1-3-13(6-7-13)10-15-12(14)16-8-4-5-11(2)9-16/h11H,3-10H2,1-2H3,(H2,14,15). The average molecular weight is 223 g/mol. The number of guanidine groups is 1. The van der Waals surface area contributed by atoms with E-state index in [0.29, 0.717) is 5.41 Å². The molecule has 1 aliphatic carbocycles. The maximum Gasteiger partial charge on any atom is 0.191 e. The summed E-state index contributed by atoms with van der Waals surface area (Å²) < 4.78 is 0. The lowest BCUT2D eigenvalue weighted by molar-refractivity contribution is 0.269. The molecule has 16 heavy (non-hydrogen) atoms. The number of aliphatic imine (C=N–C) groups is 1. The second kappa shape index (κ2) is 4.64. The molecule has 0 spiro atoms. The average Bonchev–Trinajstić information content (AvgIpc) is 3.07. The number of hydrogen-bond acceptors (Lipinski definition) is 1. The van der Waals surface area contributed by atoms with Crippen LogP contribution in [0.1, 0.15) is 46.0 Å². The quantitative estimate of drug-likeness (QED) is 0.589. The second-order valence-corrected chi connectivity index (χ2v) is 5.72. The molecule has 2 fully saturated rings. The van der Waals surface area contributed by atoms with Crippen LogP contribution >= 0.6 is 0 Å². The Balaban J connectivity index is 1.86. The largest absolute Gasteiger partial charge is 0.370 e. The van der Waals surface area contributed by atoms with Crippen LogP contribution < -0.4 is 5.73 Å². The van der Waals surface area contributed by atoms with Crippen molar-refractivity contribution in [2.45, 2.75) is 46.0 Å². The molecule has 0 aromatic rings. The van der Waals surface area contributed by atoms with Crippen LogP contribution in [-0.2, 0) is 0 Å². The van der Waals surface area contributed by atoms with E-state index in [-0.39, 0.29) is 0 Å². The van der Waals surface area contributed by atoms with Gasteiger partial charge in [0.1, 0.15) is 0 Å². The minimum atomic E-state index is 0.520. The summed E-state index contributed by atoms with van der Waals surface area (Å²) >= 11 is 0. The lowest BCUT2D eigenvalue weighted by atomic mass is 10.0. The van der Waals surface area contributed by atoms with Crippen LogP contribution in [0.2, 0.25) is 0 Å². The third-order valence-corrected chi connectivity index (χ3v) is 4.26. The first-order valence-corrected chi connectivity index (χ1v) is 6.70. The molecule has 92 valence electrons. The van der Waals surface area contributed by atoms with E-state index >= 15 is 0 Å². The van der Waals surface area contributed by atoms with Gasteiger partial charge in [0.2, 0.25) is 0 Å². The van der Waals surface area contributed by atoms with Crippen LogP contribution in [-0.4, -0.2) is 30.5 Å². The number of hydrogen-bond donors (Lipinski definition) is 1. The molecular formula is C13H25N3. The summed E-state index contributed by atoms with van der Waals surface area (Å²) in [5.74, 6) is 1.55. The van der Waals surface area contributed by atoms with Gasteiger partial charge in [-0.15, -0.1) is 0 Å². The molecule has 1 unspecified atom stereocenters. The Hall–Kier alpha value is -0.730. The molecule has 1 aliphatic heterocycles. The van der Waals surface area contributed by atoms with Crippen LogP contribution in [0.25, 0.3) is 0 Å². The highest BCUT2D eigenvalue weighted by Crippen LogP contribution is 2.48. The summed E-state index contributed by atoms with van der Waals surface area (Å²) in [6, 6.07) is 0. The Morgan fingerprint density at radius 2 is 2.25 bits per heavy atom. The molecule has 2 aliphatic rings. The van der Waals surface area contributed by atoms with Crippen molar-refractivity contribution in [1.82, 2.24) is 4.90 Å². The van der Waals surface area contributed by atoms with Gasteiger partial charge in [-0.1, -0.05) is 13.8 Å². The highest BCUT2D eigenvalue weighted by atomic mass is 15.3. The highest BCUT2D eigenvalue weighted by molar-refractivity contribution is 5.78. The molecule has 2 N–H and O–H groups in total. The third-order valence-electron chi connectivity index (χ3n) is 4.26. The van der Waals surface area contributed by atoms with Crippen molar-refractivity contribution in [3.63, 3.8) is 0 Å². The van der Waals surface area contributed by atoms with Gasteiger partial charge in [0.05, 0.1) is 0 Å². The minimum Gasteiger partial charge on any atom is -0.370 e. The SMILES string of the molecule is CCC1(CN=C(N)N2CCCC(C)C2)CC1. The van der Waals surface area contributed by atoms with Crippen molar-refractivity contribution in [1.29, 1.82) is 0 Å². The smallest absolute Gasteiger partial charge is 0.191 e. The van der Waals surface area contributed by atoms with Gasteiger partial charge in [0, 0.05) is 19.6 Å². The fraction of sp³-hybridized carbons (Fsp3) is 0.923. The molecule has 1 saturated carbocycles. The summed E-state index contributed by atoms with van der Waals surface area (Å²) in [6.45, 7) is 7.70. The van der Waals surface area contributed by atoms with Gasteiger partial charge in [-0.25, -0.2) is 0 Å². The fourth-order valence-corrected chi connectivity index (χ4v) is 2.55. The van der Waals surface area contributed by atoms with Crippen molar-refractivity contribution in [2.24, 2.45) is 22.1 Å². The normalized spacial score (nSPS) is 29.2. The van der Waals surface area contributed by atoms with Gasteiger partial charge in [0.25, 0.3) is 0 Å². The van der Waals surface area contributed by atoms with Gasteiger partial charge in [-0.2, -0.15) is 0 Å². The van der Waals surface area contributed by atoms with Gasteiger partial charge in [-0.05, 0) is 43.4 Å². The molecule has 1 saturated heterocycles. The van der Waals surface area contributed by atoms with Gasteiger partial charge >= 0.3 is 0 Å². The predicted molar refractivity (Wildman–Crippen MR) is 68.4 cm³/mol. The van der Waals surface area contributed by atoms with E-state index in [4.69, 9.17) is 5.73 Å². The van der Waals surface area contributed by atoms with Gasteiger partial charge in [0.15, 0.2) is 5.96 Å². The molecule has 1 heterocycles. The molecule has 2 rings (SSSR count). The van der Waals surface area contributed by atoms with Crippen LogP contribution in [0.3, 0.4) is 0 Å². The molecule has 0 aromatic carbocycles. The Morgan fingerprint density at radius 3 is 2.81 bits per heavy atom. The van der Waals surface area contributed by atoms with E-state index < -0.39 is 0 Å². The summed E-state index contributed by atoms with van der Waals surface area (Å²) in [5.41, 5.74) is 6.60. The van der Waals surface area contributed by atoms with Gasteiger partial charge < -0.3 is 10.6 Å². The van der Waals surface area contributed by atoms with Crippen LogP contribution in [0.5, 0.6) is 0 Å². The van der Waals surface area contributed by atoms with E-state index in [9.17, 15) is 0 Å². The first-order chi connectivity index (χ1) is 7.65. The Morgan fingerprint density at radius 1 is 1.50 bits per heavy atom. The summed E-state index contributed by atoms with van der Waals surface area (Å²) in [7, 11) is 0. The van der Waals surface area contributed by atoms with Crippen LogP contribution in [0, 0.1) is 11.3 Å². The molecule has 3 nitrogen and oxygen atoms in total. The van der Waals surface area contributed by atoms with Crippen molar-refractivity contribution < 1.29 is 0 Å². The van der Waals surface area contributed by atoms with E-state index in [1.165, 1.54) is 32.1 Å². The van der Waals surface area contributed by atoms with Crippen molar-refractivity contribution in [2.75, 3.05) is 19.6 Å². The van der Waals surface area contributed by atoms with Crippen LogP contribution in [0.15, 0.2) is 4.99 Å². The lowest BCUT2D eigenvalue weighted by Gasteiger charge is -2.31. The molecule has 1 atom stereocenters. The maximum atomic E-state index is 6.08. The molecule has 3 heteroatoms.